The van der Waals surface area contributed by atoms with Gasteiger partial charge < -0.3 is 15.5 Å². The maximum absolute atomic E-state index is 5.02. The van der Waals surface area contributed by atoms with E-state index in [1.807, 2.05) is 6.92 Å². The second-order valence-electron chi connectivity index (χ2n) is 3.30. The van der Waals surface area contributed by atoms with E-state index in [0.717, 1.165) is 24.7 Å². The van der Waals surface area contributed by atoms with Gasteiger partial charge in [0.05, 0.1) is 0 Å². The first kappa shape index (κ1) is 12.7. The molecule has 0 amide bonds. The molecule has 0 bridgehead atoms. The Morgan fingerprint density at radius 2 is 1.92 bits per heavy atom. The minimum Gasteiger partial charge on any atom is -0.363 e. The summed E-state index contributed by atoms with van der Waals surface area (Å²) in [4.78, 5) is 2.20. The van der Waals surface area contributed by atoms with Crippen LogP contribution in [0, 0.1) is 0 Å². The standard InChI is InChI=1S/C9H21N3S/c1-4-10-9(13)11-7-5-6-8-12(2)3/h4-8H2,1-3H3,(H2,10,11,13). The molecule has 4 heteroatoms. The van der Waals surface area contributed by atoms with Gasteiger partial charge in [-0.1, -0.05) is 0 Å². The molecular weight excluding hydrogens is 182 g/mol. The van der Waals surface area contributed by atoms with Crippen molar-refractivity contribution >= 4 is 17.3 Å². The van der Waals surface area contributed by atoms with Gasteiger partial charge in [-0.25, -0.2) is 0 Å². The lowest BCUT2D eigenvalue weighted by Gasteiger charge is -2.10. The van der Waals surface area contributed by atoms with Gasteiger partial charge in [0.2, 0.25) is 0 Å². The predicted molar refractivity (Wildman–Crippen MR) is 62.1 cm³/mol. The molecule has 0 aliphatic carbocycles. The molecule has 0 aliphatic heterocycles. The first-order valence-electron chi connectivity index (χ1n) is 4.83. The zero-order valence-electron chi connectivity index (χ0n) is 8.89. The third-order valence-electron chi connectivity index (χ3n) is 1.65. The second kappa shape index (κ2) is 8.26. The van der Waals surface area contributed by atoms with E-state index in [0.29, 0.717) is 0 Å². The molecule has 0 aliphatic rings. The van der Waals surface area contributed by atoms with E-state index in [1.165, 1.54) is 12.8 Å². The topological polar surface area (TPSA) is 27.3 Å². The summed E-state index contributed by atoms with van der Waals surface area (Å²) in [5, 5.41) is 6.98. The summed E-state index contributed by atoms with van der Waals surface area (Å²) < 4.78 is 0. The van der Waals surface area contributed by atoms with E-state index in [4.69, 9.17) is 12.2 Å². The van der Waals surface area contributed by atoms with Crippen molar-refractivity contribution in [2.24, 2.45) is 0 Å². The van der Waals surface area contributed by atoms with Crippen molar-refractivity contribution in [3.63, 3.8) is 0 Å². The normalized spacial score (nSPS) is 10.2. The lowest BCUT2D eigenvalue weighted by molar-refractivity contribution is 0.394. The SMILES string of the molecule is CCNC(=S)NCCCCN(C)C. The zero-order chi connectivity index (χ0) is 10.1. The molecule has 0 aromatic heterocycles. The van der Waals surface area contributed by atoms with Gasteiger partial charge in [-0.3, -0.25) is 0 Å². The summed E-state index contributed by atoms with van der Waals surface area (Å²) in [6.45, 7) is 5.05. The first-order chi connectivity index (χ1) is 6.16. The van der Waals surface area contributed by atoms with Gasteiger partial charge in [0.1, 0.15) is 0 Å². The van der Waals surface area contributed by atoms with Crippen LogP contribution in [0.1, 0.15) is 19.8 Å². The molecule has 0 atom stereocenters. The van der Waals surface area contributed by atoms with E-state index in [9.17, 15) is 0 Å². The Morgan fingerprint density at radius 1 is 1.23 bits per heavy atom. The average molecular weight is 203 g/mol. The van der Waals surface area contributed by atoms with Crippen LogP contribution in [0.25, 0.3) is 0 Å². The third-order valence-corrected chi connectivity index (χ3v) is 1.94. The molecule has 0 aromatic carbocycles. The van der Waals surface area contributed by atoms with Crippen molar-refractivity contribution in [2.75, 3.05) is 33.7 Å². The fourth-order valence-corrected chi connectivity index (χ4v) is 1.22. The van der Waals surface area contributed by atoms with Crippen LogP contribution < -0.4 is 10.6 Å². The minimum atomic E-state index is 0.771. The molecule has 0 fully saturated rings. The summed E-state index contributed by atoms with van der Waals surface area (Å²) in [5.41, 5.74) is 0. The van der Waals surface area contributed by atoms with E-state index in [1.54, 1.807) is 0 Å². The predicted octanol–water partition coefficient (Wildman–Crippen LogP) is 0.812. The Labute approximate surface area is 86.9 Å². The van der Waals surface area contributed by atoms with Crippen LogP contribution in [0.5, 0.6) is 0 Å². The van der Waals surface area contributed by atoms with Crippen LogP contribution in [-0.2, 0) is 0 Å². The molecule has 78 valence electrons. The van der Waals surface area contributed by atoms with E-state index in [-0.39, 0.29) is 0 Å². The van der Waals surface area contributed by atoms with Crippen LogP contribution in [0.4, 0.5) is 0 Å². The molecule has 0 spiro atoms. The highest BCUT2D eigenvalue weighted by molar-refractivity contribution is 7.80. The van der Waals surface area contributed by atoms with E-state index >= 15 is 0 Å². The van der Waals surface area contributed by atoms with Crippen molar-refractivity contribution in [3.05, 3.63) is 0 Å². The first-order valence-corrected chi connectivity index (χ1v) is 5.24. The Bertz CT molecular complexity index is 137. The molecule has 0 radical (unpaired) electrons. The summed E-state index contributed by atoms with van der Waals surface area (Å²) in [7, 11) is 4.19. The number of unbranched alkanes of at least 4 members (excludes halogenated alkanes) is 1. The van der Waals surface area contributed by atoms with Crippen molar-refractivity contribution in [3.8, 4) is 0 Å². The summed E-state index contributed by atoms with van der Waals surface area (Å²) >= 11 is 5.02. The summed E-state index contributed by atoms with van der Waals surface area (Å²) in [5.74, 6) is 0. The lowest BCUT2D eigenvalue weighted by Crippen LogP contribution is -2.35. The average Bonchev–Trinajstić information content (AvgIpc) is 2.03. The van der Waals surface area contributed by atoms with Crippen molar-refractivity contribution in [2.45, 2.75) is 19.8 Å². The van der Waals surface area contributed by atoms with Crippen LogP contribution in [0.2, 0.25) is 0 Å². The molecule has 13 heavy (non-hydrogen) atoms. The molecule has 0 rings (SSSR count). The largest absolute Gasteiger partial charge is 0.363 e. The highest BCUT2D eigenvalue weighted by Gasteiger charge is 1.93. The number of nitrogens with zero attached hydrogens (tertiary/aromatic N) is 1. The Morgan fingerprint density at radius 3 is 2.46 bits per heavy atom. The van der Waals surface area contributed by atoms with Crippen molar-refractivity contribution in [1.82, 2.24) is 15.5 Å². The number of nitrogens with one attached hydrogen (secondary N) is 2. The maximum Gasteiger partial charge on any atom is 0.166 e. The maximum atomic E-state index is 5.02. The fraction of sp³-hybridized carbons (Fsp3) is 0.889. The molecule has 0 saturated heterocycles. The molecule has 0 unspecified atom stereocenters. The lowest BCUT2D eigenvalue weighted by atomic mass is 10.3. The van der Waals surface area contributed by atoms with E-state index in [2.05, 4.69) is 29.6 Å². The molecule has 0 aromatic rings. The monoisotopic (exact) mass is 203 g/mol. The zero-order valence-corrected chi connectivity index (χ0v) is 9.71. The molecule has 0 saturated carbocycles. The van der Waals surface area contributed by atoms with Crippen LogP contribution in [0.15, 0.2) is 0 Å². The Kier molecular flexibility index (Phi) is 8.04. The number of hydrogen-bond acceptors (Lipinski definition) is 2. The van der Waals surface area contributed by atoms with Gasteiger partial charge in [-0.05, 0) is 52.6 Å². The Hall–Kier alpha value is -0.350. The number of hydrogen-bond donors (Lipinski definition) is 2. The summed E-state index contributed by atoms with van der Waals surface area (Å²) in [6.07, 6.45) is 2.39. The van der Waals surface area contributed by atoms with Crippen LogP contribution >= 0.6 is 12.2 Å². The third kappa shape index (κ3) is 9.56. The van der Waals surface area contributed by atoms with Gasteiger partial charge in [-0.2, -0.15) is 0 Å². The van der Waals surface area contributed by atoms with Crippen molar-refractivity contribution in [1.29, 1.82) is 0 Å². The smallest absolute Gasteiger partial charge is 0.166 e. The van der Waals surface area contributed by atoms with Gasteiger partial charge in [-0.15, -0.1) is 0 Å². The van der Waals surface area contributed by atoms with Gasteiger partial charge >= 0.3 is 0 Å². The minimum absolute atomic E-state index is 0.771. The van der Waals surface area contributed by atoms with Gasteiger partial charge in [0, 0.05) is 13.1 Å². The van der Waals surface area contributed by atoms with Crippen LogP contribution in [0.3, 0.4) is 0 Å². The van der Waals surface area contributed by atoms with Crippen molar-refractivity contribution < 1.29 is 0 Å². The molecule has 0 heterocycles. The second-order valence-corrected chi connectivity index (χ2v) is 3.70. The fourth-order valence-electron chi connectivity index (χ4n) is 0.978. The van der Waals surface area contributed by atoms with Gasteiger partial charge in [0.25, 0.3) is 0 Å². The van der Waals surface area contributed by atoms with Crippen LogP contribution in [-0.4, -0.2) is 43.7 Å². The highest BCUT2D eigenvalue weighted by atomic mass is 32.1. The highest BCUT2D eigenvalue weighted by Crippen LogP contribution is 1.88. The number of rotatable bonds is 6. The molecule has 2 N–H and O–H groups in total. The molecular formula is C9H21N3S. The Balaban J connectivity index is 3.11. The van der Waals surface area contributed by atoms with Gasteiger partial charge in [0.15, 0.2) is 5.11 Å². The molecule has 3 nitrogen and oxygen atoms in total. The summed E-state index contributed by atoms with van der Waals surface area (Å²) in [6, 6.07) is 0. The quantitative estimate of drug-likeness (QED) is 0.493. The van der Waals surface area contributed by atoms with E-state index < -0.39 is 0 Å². The number of thiocarbonyl (C=S) groups is 1.